The number of benzene rings is 2. The van der Waals surface area contributed by atoms with Crippen molar-refractivity contribution in [2.45, 2.75) is 69.6 Å². The Labute approximate surface area is 224 Å². The summed E-state index contributed by atoms with van der Waals surface area (Å²) in [5.41, 5.74) is 3.01. The number of carbonyl (C=O) groups excluding carboxylic acids is 1. The second kappa shape index (κ2) is 11.4. The highest BCUT2D eigenvalue weighted by molar-refractivity contribution is 7.86. The van der Waals surface area contributed by atoms with Gasteiger partial charge in [0.15, 0.2) is 0 Å². The average molecular weight is 537 g/mol. The number of fused-ring (bicyclic) bond motifs is 1. The van der Waals surface area contributed by atoms with Crippen molar-refractivity contribution in [3.63, 3.8) is 0 Å². The van der Waals surface area contributed by atoms with E-state index in [1.165, 1.54) is 6.07 Å². The number of hydrogen-bond donors (Lipinski definition) is 1. The molecule has 2 aromatic heterocycles. The van der Waals surface area contributed by atoms with Crippen LogP contribution in [0.4, 0.5) is 10.1 Å². The smallest absolute Gasteiger partial charge is 0.211 e. The zero-order chi connectivity index (χ0) is 27.4. The molecule has 9 heteroatoms. The maximum Gasteiger partial charge on any atom is 0.211 e. The SMILES string of the molecule is CC(C)(C)n1cc(NC=O)cn1.CCc1cc(C)c(Oc2ccnc3ccc(S(=O)C4CC4)cc23)cc1F. The molecule has 2 heterocycles. The molecule has 1 amide bonds. The van der Waals surface area contributed by atoms with Gasteiger partial charge in [-0.2, -0.15) is 5.10 Å². The summed E-state index contributed by atoms with van der Waals surface area (Å²) in [4.78, 5) is 15.2. The average Bonchev–Trinajstić information content (AvgIpc) is 3.63. The van der Waals surface area contributed by atoms with Crippen LogP contribution in [-0.2, 0) is 27.6 Å². The van der Waals surface area contributed by atoms with Crippen molar-refractivity contribution in [1.82, 2.24) is 14.8 Å². The summed E-state index contributed by atoms with van der Waals surface area (Å²) in [5, 5.41) is 7.70. The Bertz CT molecular complexity index is 1470. The van der Waals surface area contributed by atoms with E-state index in [2.05, 4.69) is 15.4 Å². The number of aryl methyl sites for hydroxylation is 2. The Balaban J connectivity index is 0.000000236. The van der Waals surface area contributed by atoms with Gasteiger partial charge >= 0.3 is 0 Å². The summed E-state index contributed by atoms with van der Waals surface area (Å²) >= 11 is 0. The van der Waals surface area contributed by atoms with Crippen LogP contribution < -0.4 is 10.1 Å². The summed E-state index contributed by atoms with van der Waals surface area (Å²) in [6.45, 7) is 9.97. The minimum Gasteiger partial charge on any atom is -0.456 e. The van der Waals surface area contributed by atoms with E-state index in [4.69, 9.17) is 4.74 Å². The first-order valence-corrected chi connectivity index (χ1v) is 13.8. The number of hydrogen-bond acceptors (Lipinski definition) is 5. The van der Waals surface area contributed by atoms with Gasteiger partial charge in [-0.3, -0.25) is 18.7 Å². The third-order valence-corrected chi connectivity index (χ3v) is 7.97. The molecular weight excluding hydrogens is 503 g/mol. The van der Waals surface area contributed by atoms with Crippen molar-refractivity contribution in [3.05, 3.63) is 71.9 Å². The van der Waals surface area contributed by atoms with E-state index in [1.54, 1.807) is 29.3 Å². The third kappa shape index (κ3) is 6.45. The van der Waals surface area contributed by atoms with Crippen molar-refractivity contribution in [2.75, 3.05) is 5.32 Å². The molecule has 7 nitrogen and oxygen atoms in total. The minimum atomic E-state index is -0.991. The molecule has 1 unspecified atom stereocenters. The van der Waals surface area contributed by atoms with E-state index in [-0.39, 0.29) is 16.6 Å². The number of aromatic nitrogens is 3. The zero-order valence-electron chi connectivity index (χ0n) is 22.3. The summed E-state index contributed by atoms with van der Waals surface area (Å²) in [7, 11) is -0.991. The van der Waals surface area contributed by atoms with E-state index in [9.17, 15) is 13.4 Å². The fourth-order valence-electron chi connectivity index (χ4n) is 3.84. The highest BCUT2D eigenvalue weighted by Gasteiger charge is 2.29. The van der Waals surface area contributed by atoms with Gasteiger partial charge in [-0.05, 0) is 88.4 Å². The van der Waals surface area contributed by atoms with Crippen LogP contribution in [-0.4, -0.2) is 30.6 Å². The number of amides is 1. The molecule has 1 saturated carbocycles. The molecule has 38 heavy (non-hydrogen) atoms. The highest BCUT2D eigenvalue weighted by atomic mass is 32.2. The molecule has 1 aliphatic rings. The summed E-state index contributed by atoms with van der Waals surface area (Å²) in [6, 6.07) is 10.6. The van der Waals surface area contributed by atoms with Crippen molar-refractivity contribution in [2.24, 2.45) is 0 Å². The van der Waals surface area contributed by atoms with Crippen molar-refractivity contribution in [1.29, 1.82) is 0 Å². The first kappa shape index (κ1) is 27.4. The second-order valence-electron chi connectivity index (χ2n) is 10.3. The van der Waals surface area contributed by atoms with Gasteiger partial charge in [-0.15, -0.1) is 0 Å². The fraction of sp³-hybridized carbons (Fsp3) is 0.345. The van der Waals surface area contributed by atoms with Gasteiger partial charge in [0.05, 0.1) is 33.7 Å². The van der Waals surface area contributed by atoms with E-state index >= 15 is 0 Å². The molecule has 0 spiro atoms. The van der Waals surface area contributed by atoms with Gasteiger partial charge < -0.3 is 10.1 Å². The molecule has 0 saturated heterocycles. The number of carbonyl (C=O) groups is 1. The number of anilines is 1. The van der Waals surface area contributed by atoms with Gasteiger partial charge in [-0.25, -0.2) is 4.39 Å². The van der Waals surface area contributed by atoms with Crippen LogP contribution in [0.25, 0.3) is 10.9 Å². The molecule has 5 rings (SSSR count). The van der Waals surface area contributed by atoms with E-state index in [1.807, 2.05) is 58.9 Å². The largest absolute Gasteiger partial charge is 0.456 e. The van der Waals surface area contributed by atoms with E-state index in [0.29, 0.717) is 29.9 Å². The van der Waals surface area contributed by atoms with Gasteiger partial charge in [0.25, 0.3) is 0 Å². The number of ether oxygens (including phenoxy) is 1. The van der Waals surface area contributed by atoms with Crippen LogP contribution >= 0.6 is 0 Å². The summed E-state index contributed by atoms with van der Waals surface area (Å²) in [6.07, 6.45) is 8.41. The molecule has 1 N–H and O–H groups in total. The van der Waals surface area contributed by atoms with Crippen LogP contribution in [0.2, 0.25) is 0 Å². The maximum atomic E-state index is 14.2. The van der Waals surface area contributed by atoms with Crippen LogP contribution in [0, 0.1) is 12.7 Å². The molecule has 0 radical (unpaired) electrons. The molecule has 2 aromatic carbocycles. The molecule has 0 aliphatic heterocycles. The van der Waals surface area contributed by atoms with Crippen molar-refractivity contribution in [3.8, 4) is 11.5 Å². The Kier molecular flexibility index (Phi) is 8.26. The molecule has 0 bridgehead atoms. The molecule has 4 aromatic rings. The number of rotatable bonds is 7. The highest BCUT2D eigenvalue weighted by Crippen LogP contribution is 2.35. The minimum absolute atomic E-state index is 0.0389. The first-order valence-electron chi connectivity index (χ1n) is 12.6. The standard InChI is InChI=1S/C21H20FNO2S.C8H13N3O/c1-3-14-10-13(2)21(12-18(14)22)25-20-8-9-23-19-7-6-16(11-17(19)20)26(24)15-4-5-15;1-8(2,3)11-5-7(4-10-11)9-6-12/h6-12,15H,3-5H2,1-2H3;4-6H,1-3H3,(H,9,12). The third-order valence-electron chi connectivity index (χ3n) is 6.17. The molecule has 1 aliphatic carbocycles. The monoisotopic (exact) mass is 536 g/mol. The Morgan fingerprint density at radius 2 is 1.95 bits per heavy atom. The lowest BCUT2D eigenvalue weighted by Crippen LogP contribution is -2.21. The number of nitrogens with one attached hydrogen (secondary N) is 1. The summed E-state index contributed by atoms with van der Waals surface area (Å²) < 4.78 is 34.5. The normalized spacial score (nSPS) is 13.9. The lowest BCUT2D eigenvalue weighted by atomic mass is 10.1. The van der Waals surface area contributed by atoms with E-state index < -0.39 is 10.8 Å². The first-order chi connectivity index (χ1) is 18.1. The van der Waals surface area contributed by atoms with Crippen LogP contribution in [0.5, 0.6) is 11.5 Å². The zero-order valence-corrected chi connectivity index (χ0v) is 23.1. The van der Waals surface area contributed by atoms with Crippen LogP contribution in [0.3, 0.4) is 0 Å². The lowest BCUT2D eigenvalue weighted by molar-refractivity contribution is -0.105. The summed E-state index contributed by atoms with van der Waals surface area (Å²) in [5.74, 6) is 0.819. The van der Waals surface area contributed by atoms with Gasteiger partial charge in [0, 0.05) is 34.0 Å². The molecular formula is C29H33FN4O3S. The Morgan fingerprint density at radius 3 is 2.58 bits per heavy atom. The quantitative estimate of drug-likeness (QED) is 0.272. The van der Waals surface area contributed by atoms with Crippen molar-refractivity contribution >= 4 is 33.8 Å². The lowest BCUT2D eigenvalue weighted by Gasteiger charge is -2.18. The molecule has 1 atom stereocenters. The number of pyridine rings is 1. The van der Waals surface area contributed by atoms with Crippen molar-refractivity contribution < 1.29 is 18.1 Å². The number of nitrogens with zero attached hydrogens (tertiary/aromatic N) is 3. The number of halogens is 1. The molecule has 200 valence electrons. The van der Waals surface area contributed by atoms with E-state index in [0.717, 1.165) is 39.9 Å². The predicted molar refractivity (Wildman–Crippen MR) is 149 cm³/mol. The van der Waals surface area contributed by atoms with Gasteiger partial charge in [-0.1, -0.05) is 6.92 Å². The van der Waals surface area contributed by atoms with Gasteiger partial charge in [0.2, 0.25) is 6.41 Å². The Morgan fingerprint density at radius 1 is 1.18 bits per heavy atom. The van der Waals surface area contributed by atoms with Gasteiger partial charge in [0.1, 0.15) is 17.3 Å². The topological polar surface area (TPSA) is 86.1 Å². The predicted octanol–water partition coefficient (Wildman–Crippen LogP) is 6.51. The van der Waals surface area contributed by atoms with Crippen LogP contribution in [0.15, 0.2) is 59.9 Å². The second-order valence-corrected chi connectivity index (χ2v) is 12.0. The molecule has 1 fully saturated rings. The fourth-order valence-corrected chi connectivity index (χ4v) is 5.23. The Hall–Kier alpha value is -3.59. The van der Waals surface area contributed by atoms with Crippen LogP contribution in [0.1, 0.15) is 51.7 Å². The maximum absolute atomic E-state index is 14.2.